The molecule has 0 atom stereocenters. The van der Waals surface area contributed by atoms with Gasteiger partial charge in [-0.3, -0.25) is 4.90 Å². The number of nitrogens with zero attached hydrogens (tertiary/aromatic N) is 1. The molecule has 1 N–H and O–H groups in total. The van der Waals surface area contributed by atoms with E-state index in [1.807, 2.05) is 19.2 Å². The van der Waals surface area contributed by atoms with Gasteiger partial charge in [0, 0.05) is 12.1 Å². The lowest BCUT2D eigenvalue weighted by Gasteiger charge is -2.21. The molecule has 1 rings (SSSR count). The molecule has 3 nitrogen and oxygen atoms in total. The summed E-state index contributed by atoms with van der Waals surface area (Å²) in [5.74, 6) is 0.992. The van der Waals surface area contributed by atoms with Crippen LogP contribution in [0.25, 0.3) is 0 Å². The molecule has 0 aliphatic heterocycles. The maximum atomic E-state index is 5.40. The number of unbranched alkanes of at least 4 members (excludes halogenated alkanes) is 1. The molecular weight excluding hydrogens is 224 g/mol. The molecule has 3 heteroatoms. The number of hydrogen-bond donors (Lipinski definition) is 1. The number of methoxy groups -OCH3 is 1. The first-order valence-corrected chi connectivity index (χ1v) is 6.80. The first-order valence-electron chi connectivity index (χ1n) is 6.80. The van der Waals surface area contributed by atoms with Crippen molar-refractivity contribution in [2.75, 3.05) is 33.8 Å². The third-order valence-electron chi connectivity index (χ3n) is 3.18. The summed E-state index contributed by atoms with van der Waals surface area (Å²) >= 11 is 0. The lowest BCUT2D eigenvalue weighted by Crippen LogP contribution is -2.25. The molecule has 0 bridgehead atoms. The normalized spacial score (nSPS) is 10.9. The van der Waals surface area contributed by atoms with Crippen molar-refractivity contribution in [3.8, 4) is 5.75 Å². The van der Waals surface area contributed by atoms with Crippen LogP contribution in [0.15, 0.2) is 24.3 Å². The fraction of sp³-hybridized carbons (Fsp3) is 0.600. The van der Waals surface area contributed by atoms with E-state index in [1.54, 1.807) is 7.11 Å². The number of para-hydroxylation sites is 1. The molecule has 0 radical (unpaired) electrons. The van der Waals surface area contributed by atoms with Crippen molar-refractivity contribution in [2.45, 2.75) is 26.3 Å². The Morgan fingerprint density at radius 2 is 2.00 bits per heavy atom. The highest BCUT2D eigenvalue weighted by Crippen LogP contribution is 2.19. The van der Waals surface area contributed by atoms with Gasteiger partial charge in [0.25, 0.3) is 0 Å². The fourth-order valence-corrected chi connectivity index (χ4v) is 2.06. The van der Waals surface area contributed by atoms with Crippen molar-refractivity contribution in [1.29, 1.82) is 0 Å². The van der Waals surface area contributed by atoms with Crippen LogP contribution in [0.5, 0.6) is 5.75 Å². The van der Waals surface area contributed by atoms with Crippen molar-refractivity contribution < 1.29 is 4.74 Å². The van der Waals surface area contributed by atoms with Crippen molar-refractivity contribution in [3.05, 3.63) is 29.8 Å². The molecule has 0 fully saturated rings. The van der Waals surface area contributed by atoms with E-state index >= 15 is 0 Å². The van der Waals surface area contributed by atoms with Crippen LogP contribution < -0.4 is 10.1 Å². The summed E-state index contributed by atoms with van der Waals surface area (Å²) in [4.78, 5) is 2.47. The molecule has 0 aromatic heterocycles. The highest BCUT2D eigenvalue weighted by molar-refractivity contribution is 5.33. The Kier molecular flexibility index (Phi) is 7.46. The van der Waals surface area contributed by atoms with Crippen LogP contribution in [0.3, 0.4) is 0 Å². The summed E-state index contributed by atoms with van der Waals surface area (Å²) in [5, 5.41) is 3.19. The Morgan fingerprint density at radius 1 is 1.22 bits per heavy atom. The average Bonchev–Trinajstić information content (AvgIpc) is 2.42. The van der Waals surface area contributed by atoms with Gasteiger partial charge in [0.2, 0.25) is 0 Å². The SMILES string of the molecule is CCN(CCCCNC)Cc1ccccc1OC. The first kappa shape index (κ1) is 15.0. The number of ether oxygens (including phenoxy) is 1. The molecule has 0 saturated heterocycles. The summed E-state index contributed by atoms with van der Waals surface area (Å²) in [5.41, 5.74) is 1.27. The van der Waals surface area contributed by atoms with Crippen molar-refractivity contribution in [1.82, 2.24) is 10.2 Å². The maximum absolute atomic E-state index is 5.40. The zero-order valence-electron chi connectivity index (χ0n) is 11.9. The van der Waals surface area contributed by atoms with E-state index in [0.717, 1.165) is 31.9 Å². The minimum Gasteiger partial charge on any atom is -0.496 e. The smallest absolute Gasteiger partial charge is 0.123 e. The minimum absolute atomic E-state index is 0.972. The molecule has 0 aliphatic carbocycles. The van der Waals surface area contributed by atoms with Gasteiger partial charge in [-0.05, 0) is 45.6 Å². The molecular formula is C15H26N2O. The summed E-state index contributed by atoms with van der Waals surface area (Å²) in [7, 11) is 3.74. The lowest BCUT2D eigenvalue weighted by molar-refractivity contribution is 0.268. The van der Waals surface area contributed by atoms with Crippen LogP contribution in [-0.4, -0.2) is 38.7 Å². The maximum Gasteiger partial charge on any atom is 0.123 e. The Labute approximate surface area is 111 Å². The van der Waals surface area contributed by atoms with Crippen LogP contribution in [0.4, 0.5) is 0 Å². The Morgan fingerprint density at radius 3 is 2.67 bits per heavy atom. The molecule has 0 spiro atoms. The van der Waals surface area contributed by atoms with Crippen LogP contribution in [-0.2, 0) is 6.54 Å². The number of benzene rings is 1. The number of rotatable bonds is 9. The van der Waals surface area contributed by atoms with Crippen molar-refractivity contribution in [3.63, 3.8) is 0 Å². The summed E-state index contributed by atoms with van der Waals surface area (Å²) in [6.07, 6.45) is 2.47. The molecule has 1 aromatic carbocycles. The van der Waals surface area contributed by atoms with Gasteiger partial charge in [0.05, 0.1) is 7.11 Å². The first-order chi connectivity index (χ1) is 8.81. The molecule has 102 valence electrons. The van der Waals surface area contributed by atoms with E-state index in [-0.39, 0.29) is 0 Å². The predicted octanol–water partition coefficient (Wildman–Crippen LogP) is 2.52. The quantitative estimate of drug-likeness (QED) is 0.682. The minimum atomic E-state index is 0.972. The van der Waals surface area contributed by atoms with Gasteiger partial charge in [-0.15, -0.1) is 0 Å². The summed E-state index contributed by atoms with van der Waals surface area (Å²) in [6.45, 7) is 6.52. The second kappa shape index (κ2) is 8.95. The van der Waals surface area contributed by atoms with Gasteiger partial charge < -0.3 is 10.1 Å². The van der Waals surface area contributed by atoms with Gasteiger partial charge in [0.1, 0.15) is 5.75 Å². The molecule has 0 aliphatic rings. The van der Waals surface area contributed by atoms with Crippen LogP contribution in [0, 0.1) is 0 Å². The van der Waals surface area contributed by atoms with Gasteiger partial charge in [-0.2, -0.15) is 0 Å². The zero-order valence-corrected chi connectivity index (χ0v) is 11.9. The number of hydrogen-bond acceptors (Lipinski definition) is 3. The lowest BCUT2D eigenvalue weighted by atomic mass is 10.1. The highest BCUT2D eigenvalue weighted by Gasteiger charge is 2.07. The Bertz CT molecular complexity index is 328. The van der Waals surface area contributed by atoms with Gasteiger partial charge >= 0.3 is 0 Å². The zero-order chi connectivity index (χ0) is 13.2. The van der Waals surface area contributed by atoms with Gasteiger partial charge in [-0.1, -0.05) is 25.1 Å². The second-order valence-corrected chi connectivity index (χ2v) is 4.49. The third kappa shape index (κ3) is 5.07. The van der Waals surface area contributed by atoms with Crippen LogP contribution in [0.1, 0.15) is 25.3 Å². The molecule has 0 saturated carbocycles. The van der Waals surface area contributed by atoms with Crippen LogP contribution >= 0.6 is 0 Å². The molecule has 18 heavy (non-hydrogen) atoms. The van der Waals surface area contributed by atoms with E-state index < -0.39 is 0 Å². The fourth-order valence-electron chi connectivity index (χ4n) is 2.06. The molecule has 1 aromatic rings. The molecule has 0 heterocycles. The topological polar surface area (TPSA) is 24.5 Å². The standard InChI is InChI=1S/C15H26N2O/c1-4-17(12-8-7-11-16-2)13-14-9-5-6-10-15(14)18-3/h5-6,9-10,16H,4,7-8,11-13H2,1-3H3. The van der Waals surface area contributed by atoms with E-state index in [4.69, 9.17) is 4.74 Å². The monoisotopic (exact) mass is 250 g/mol. The van der Waals surface area contributed by atoms with E-state index in [1.165, 1.54) is 18.4 Å². The van der Waals surface area contributed by atoms with Crippen LogP contribution in [0.2, 0.25) is 0 Å². The van der Waals surface area contributed by atoms with E-state index in [0.29, 0.717) is 0 Å². The third-order valence-corrected chi connectivity index (χ3v) is 3.18. The summed E-state index contributed by atoms with van der Waals surface area (Å²) < 4.78 is 5.40. The van der Waals surface area contributed by atoms with Crippen molar-refractivity contribution in [2.24, 2.45) is 0 Å². The second-order valence-electron chi connectivity index (χ2n) is 4.49. The average molecular weight is 250 g/mol. The Balaban J connectivity index is 2.46. The highest BCUT2D eigenvalue weighted by atomic mass is 16.5. The van der Waals surface area contributed by atoms with E-state index in [9.17, 15) is 0 Å². The van der Waals surface area contributed by atoms with E-state index in [2.05, 4.69) is 29.3 Å². The number of nitrogens with one attached hydrogen (secondary N) is 1. The van der Waals surface area contributed by atoms with Gasteiger partial charge in [0.15, 0.2) is 0 Å². The van der Waals surface area contributed by atoms with Gasteiger partial charge in [-0.25, -0.2) is 0 Å². The molecule has 0 unspecified atom stereocenters. The molecule has 0 amide bonds. The Hall–Kier alpha value is -1.06. The predicted molar refractivity (Wildman–Crippen MR) is 77.1 cm³/mol. The van der Waals surface area contributed by atoms with Crippen molar-refractivity contribution >= 4 is 0 Å². The largest absolute Gasteiger partial charge is 0.496 e. The summed E-state index contributed by atoms with van der Waals surface area (Å²) in [6, 6.07) is 8.28.